The van der Waals surface area contributed by atoms with Crippen molar-refractivity contribution < 1.29 is 5.11 Å². The Balaban J connectivity index is 2.33. The molecule has 1 N–H and O–H groups in total. The van der Waals surface area contributed by atoms with Crippen molar-refractivity contribution >= 4 is 37.9 Å². The van der Waals surface area contributed by atoms with Crippen molar-refractivity contribution in [2.45, 2.75) is 0 Å². The summed E-state index contributed by atoms with van der Waals surface area (Å²) < 4.78 is 0.767. The Morgan fingerprint density at radius 1 is 0.947 bits per heavy atom. The van der Waals surface area contributed by atoms with E-state index >= 15 is 0 Å². The van der Waals surface area contributed by atoms with Crippen molar-refractivity contribution in [3.05, 3.63) is 68.6 Å². The lowest BCUT2D eigenvalue weighted by molar-refractivity contribution is 0.474. The smallest absolute Gasteiger partial charge is 0.122 e. The first-order chi connectivity index (χ1) is 9.15. The van der Waals surface area contributed by atoms with Crippen molar-refractivity contribution in [3.63, 3.8) is 0 Å². The molecule has 0 amide bonds. The van der Waals surface area contributed by atoms with Gasteiger partial charge in [-0.1, -0.05) is 30.0 Å². The van der Waals surface area contributed by atoms with Crippen molar-refractivity contribution in [1.29, 1.82) is 0 Å². The zero-order chi connectivity index (χ0) is 13.7. The third-order valence-electron chi connectivity index (χ3n) is 2.42. The Hall–Kier alpha value is -1.50. The predicted octanol–water partition coefficient (Wildman–Crippen LogP) is 4.88. The van der Waals surface area contributed by atoms with E-state index in [1.807, 2.05) is 36.4 Å². The van der Waals surface area contributed by atoms with E-state index in [0.717, 1.165) is 14.5 Å². The fourth-order valence-electron chi connectivity index (χ4n) is 1.53. The standard InChI is InChI=1S/C16H10Br2O/c17-16(18)11-14-10-13(8-9-15(14)19)7-6-12-4-2-1-3-5-12/h1-5,8-11,19H. The summed E-state index contributed by atoms with van der Waals surface area (Å²) in [7, 11) is 0. The molecule has 3 heteroatoms. The van der Waals surface area contributed by atoms with Crippen molar-refractivity contribution in [2.24, 2.45) is 0 Å². The van der Waals surface area contributed by atoms with Crippen LogP contribution in [0, 0.1) is 11.8 Å². The predicted molar refractivity (Wildman–Crippen MR) is 86.4 cm³/mol. The SMILES string of the molecule is Oc1ccc(C#Cc2ccccc2)cc1C=C(Br)Br. The van der Waals surface area contributed by atoms with Gasteiger partial charge in [0.1, 0.15) is 5.75 Å². The lowest BCUT2D eigenvalue weighted by Gasteiger charge is -2.00. The molecule has 2 aromatic rings. The molecule has 1 nitrogen and oxygen atoms in total. The Morgan fingerprint density at radius 3 is 2.32 bits per heavy atom. The molecule has 0 heterocycles. The van der Waals surface area contributed by atoms with Crippen LogP contribution in [0.3, 0.4) is 0 Å². The first-order valence-electron chi connectivity index (χ1n) is 5.58. The fraction of sp³-hybridized carbons (Fsp3) is 0. The molecule has 0 aliphatic carbocycles. The van der Waals surface area contributed by atoms with E-state index in [4.69, 9.17) is 0 Å². The van der Waals surface area contributed by atoms with Gasteiger partial charge in [-0.2, -0.15) is 0 Å². The maximum atomic E-state index is 9.73. The Morgan fingerprint density at radius 2 is 1.63 bits per heavy atom. The first-order valence-corrected chi connectivity index (χ1v) is 7.16. The van der Waals surface area contributed by atoms with Crippen LogP contribution >= 0.6 is 31.9 Å². The second-order valence-corrected chi connectivity index (χ2v) is 6.60. The quantitative estimate of drug-likeness (QED) is 0.702. The maximum absolute atomic E-state index is 9.73. The molecule has 0 atom stereocenters. The summed E-state index contributed by atoms with van der Waals surface area (Å²) in [5.74, 6) is 6.39. The molecule has 0 radical (unpaired) electrons. The molecule has 0 saturated heterocycles. The van der Waals surface area contributed by atoms with Crippen molar-refractivity contribution in [3.8, 4) is 17.6 Å². The van der Waals surface area contributed by atoms with Crippen LogP contribution in [0.4, 0.5) is 0 Å². The summed E-state index contributed by atoms with van der Waals surface area (Å²) in [4.78, 5) is 0. The molecule has 0 aromatic heterocycles. The highest BCUT2D eigenvalue weighted by atomic mass is 79.9. The average molecular weight is 378 g/mol. The molecule has 0 saturated carbocycles. The normalized spacial score (nSPS) is 9.37. The summed E-state index contributed by atoms with van der Waals surface area (Å²) in [6.45, 7) is 0. The van der Waals surface area contributed by atoms with Crippen LogP contribution in [0.2, 0.25) is 0 Å². The third-order valence-corrected chi connectivity index (χ3v) is 2.87. The maximum Gasteiger partial charge on any atom is 0.122 e. The van der Waals surface area contributed by atoms with Gasteiger partial charge in [0.05, 0.1) is 3.39 Å². The average Bonchev–Trinajstić information content (AvgIpc) is 2.40. The zero-order valence-electron chi connectivity index (χ0n) is 9.90. The van der Waals surface area contributed by atoms with Crippen LogP contribution in [-0.4, -0.2) is 5.11 Å². The molecule has 2 rings (SSSR count). The monoisotopic (exact) mass is 376 g/mol. The Kier molecular flexibility index (Phi) is 4.84. The van der Waals surface area contributed by atoms with Gasteiger partial charge >= 0.3 is 0 Å². The molecule has 2 aromatic carbocycles. The summed E-state index contributed by atoms with van der Waals surface area (Å²) in [5.41, 5.74) is 2.53. The fourth-order valence-corrected chi connectivity index (χ4v) is 2.02. The molecule has 0 aliphatic heterocycles. The number of rotatable bonds is 1. The molecule has 19 heavy (non-hydrogen) atoms. The number of hydrogen-bond donors (Lipinski definition) is 1. The van der Waals surface area contributed by atoms with Gasteiger partial charge in [0, 0.05) is 16.7 Å². The number of benzene rings is 2. The van der Waals surface area contributed by atoms with E-state index in [2.05, 4.69) is 43.7 Å². The van der Waals surface area contributed by atoms with Crippen LogP contribution in [0.25, 0.3) is 6.08 Å². The Bertz CT molecular complexity index is 660. The van der Waals surface area contributed by atoms with E-state index in [-0.39, 0.29) is 5.75 Å². The van der Waals surface area contributed by atoms with E-state index < -0.39 is 0 Å². The highest BCUT2D eigenvalue weighted by molar-refractivity contribution is 9.28. The molecular formula is C16H10Br2O. The highest BCUT2D eigenvalue weighted by Gasteiger charge is 1.99. The minimum absolute atomic E-state index is 0.224. The number of phenolic OH excluding ortho intramolecular Hbond substituents is 1. The van der Waals surface area contributed by atoms with Gasteiger partial charge in [0.2, 0.25) is 0 Å². The van der Waals surface area contributed by atoms with Gasteiger partial charge in [-0.15, -0.1) is 0 Å². The van der Waals surface area contributed by atoms with Gasteiger partial charge < -0.3 is 5.11 Å². The van der Waals surface area contributed by atoms with Gasteiger partial charge in [-0.05, 0) is 68.3 Å². The van der Waals surface area contributed by atoms with E-state index in [0.29, 0.717) is 5.56 Å². The zero-order valence-corrected chi connectivity index (χ0v) is 13.1. The molecule has 94 valence electrons. The van der Waals surface area contributed by atoms with Crippen LogP contribution in [-0.2, 0) is 0 Å². The van der Waals surface area contributed by atoms with Gasteiger partial charge in [-0.3, -0.25) is 0 Å². The van der Waals surface area contributed by atoms with Crippen LogP contribution in [0.1, 0.15) is 16.7 Å². The summed E-state index contributed by atoms with van der Waals surface area (Å²) in [5, 5.41) is 9.73. The van der Waals surface area contributed by atoms with Crippen LogP contribution < -0.4 is 0 Å². The minimum Gasteiger partial charge on any atom is -0.507 e. The number of hydrogen-bond acceptors (Lipinski definition) is 1. The van der Waals surface area contributed by atoms with E-state index in [9.17, 15) is 5.11 Å². The number of halogens is 2. The van der Waals surface area contributed by atoms with Gasteiger partial charge in [0.15, 0.2) is 0 Å². The lowest BCUT2D eigenvalue weighted by atomic mass is 10.1. The van der Waals surface area contributed by atoms with E-state index in [1.165, 1.54) is 0 Å². The van der Waals surface area contributed by atoms with E-state index in [1.54, 1.807) is 18.2 Å². The molecule has 0 aliphatic rings. The number of phenols is 1. The summed E-state index contributed by atoms with van der Waals surface area (Å²) in [6, 6.07) is 15.1. The second-order valence-electron chi connectivity index (χ2n) is 3.82. The van der Waals surface area contributed by atoms with Gasteiger partial charge in [0.25, 0.3) is 0 Å². The molecular weight excluding hydrogens is 368 g/mol. The van der Waals surface area contributed by atoms with Crippen molar-refractivity contribution in [2.75, 3.05) is 0 Å². The van der Waals surface area contributed by atoms with Crippen molar-refractivity contribution in [1.82, 2.24) is 0 Å². The molecule has 0 unspecified atom stereocenters. The third kappa shape index (κ3) is 4.27. The summed E-state index contributed by atoms with van der Waals surface area (Å²) >= 11 is 6.55. The summed E-state index contributed by atoms with van der Waals surface area (Å²) in [6.07, 6.45) is 1.78. The first kappa shape index (κ1) is 13.9. The molecule has 0 fully saturated rings. The highest BCUT2D eigenvalue weighted by Crippen LogP contribution is 2.25. The van der Waals surface area contributed by atoms with Gasteiger partial charge in [-0.25, -0.2) is 0 Å². The molecule has 0 bridgehead atoms. The van der Waals surface area contributed by atoms with Crippen LogP contribution in [0.5, 0.6) is 5.75 Å². The van der Waals surface area contributed by atoms with Crippen LogP contribution in [0.15, 0.2) is 51.9 Å². The topological polar surface area (TPSA) is 20.2 Å². The largest absolute Gasteiger partial charge is 0.507 e. The number of aromatic hydroxyl groups is 1. The molecule has 0 spiro atoms. The Labute approximate surface area is 129 Å². The minimum atomic E-state index is 0.224. The lowest BCUT2D eigenvalue weighted by Crippen LogP contribution is -1.80. The second kappa shape index (κ2) is 6.60.